The predicted octanol–water partition coefficient (Wildman–Crippen LogP) is 2.31. The van der Waals surface area contributed by atoms with E-state index < -0.39 is 6.10 Å². The van der Waals surface area contributed by atoms with E-state index in [1.54, 1.807) is 18.0 Å². The van der Waals surface area contributed by atoms with Crippen molar-refractivity contribution in [2.45, 2.75) is 12.6 Å². The Morgan fingerprint density at radius 2 is 1.93 bits per heavy atom. The van der Waals surface area contributed by atoms with Crippen LogP contribution in [0.1, 0.15) is 5.56 Å². The van der Waals surface area contributed by atoms with E-state index in [0.717, 1.165) is 5.56 Å². The first-order chi connectivity index (χ1) is 13.0. The highest BCUT2D eigenvalue weighted by molar-refractivity contribution is 6.30. The third-order valence-corrected chi connectivity index (χ3v) is 4.64. The highest BCUT2D eigenvalue weighted by Crippen LogP contribution is 2.33. The van der Waals surface area contributed by atoms with Gasteiger partial charge in [-0.15, -0.1) is 0 Å². The summed E-state index contributed by atoms with van der Waals surface area (Å²) < 4.78 is 5.74. The average molecular weight is 388 g/mol. The van der Waals surface area contributed by atoms with Crippen LogP contribution in [0.2, 0.25) is 5.02 Å². The van der Waals surface area contributed by atoms with E-state index in [4.69, 9.17) is 16.3 Å². The number of para-hydroxylation sites is 2. The van der Waals surface area contributed by atoms with Crippen molar-refractivity contribution in [3.63, 3.8) is 0 Å². The number of nitrogens with one attached hydrogen (secondary N) is 1. The van der Waals surface area contributed by atoms with E-state index in [1.807, 2.05) is 54.4 Å². The number of benzene rings is 2. The van der Waals surface area contributed by atoms with E-state index in [1.165, 1.54) is 0 Å². The predicted molar refractivity (Wildman–Crippen MR) is 105 cm³/mol. The Kier molecular flexibility index (Phi) is 5.98. The van der Waals surface area contributed by atoms with Gasteiger partial charge in [-0.2, -0.15) is 0 Å². The number of carbonyl (C=O) groups excluding carboxylic acids is 2. The highest BCUT2D eigenvalue weighted by atomic mass is 35.5. The van der Waals surface area contributed by atoms with Crippen molar-refractivity contribution >= 4 is 29.1 Å². The zero-order valence-corrected chi connectivity index (χ0v) is 16.1. The first-order valence-corrected chi connectivity index (χ1v) is 9.06. The Labute approximate surface area is 163 Å². The summed E-state index contributed by atoms with van der Waals surface area (Å²) in [6.45, 7) is 1.02. The second-order valence-electron chi connectivity index (χ2n) is 6.49. The third-order valence-electron chi connectivity index (χ3n) is 4.38. The van der Waals surface area contributed by atoms with E-state index in [2.05, 4.69) is 5.32 Å². The number of hydrogen-bond donors (Lipinski definition) is 1. The van der Waals surface area contributed by atoms with Crippen LogP contribution in [0.15, 0.2) is 48.5 Å². The van der Waals surface area contributed by atoms with Crippen LogP contribution in [0.4, 0.5) is 5.69 Å². The summed E-state index contributed by atoms with van der Waals surface area (Å²) >= 11 is 5.91. The summed E-state index contributed by atoms with van der Waals surface area (Å²) in [4.78, 5) is 28.5. The highest BCUT2D eigenvalue weighted by Gasteiger charge is 2.33. The van der Waals surface area contributed by atoms with Gasteiger partial charge in [-0.25, -0.2) is 0 Å². The molecule has 2 aromatic carbocycles. The van der Waals surface area contributed by atoms with Crippen molar-refractivity contribution in [2.24, 2.45) is 0 Å². The lowest BCUT2D eigenvalue weighted by Gasteiger charge is -2.34. The number of hydrogen-bond acceptors (Lipinski definition) is 4. The van der Waals surface area contributed by atoms with Crippen molar-refractivity contribution < 1.29 is 14.3 Å². The van der Waals surface area contributed by atoms with Gasteiger partial charge in [0.05, 0.1) is 18.8 Å². The van der Waals surface area contributed by atoms with Gasteiger partial charge in [-0.1, -0.05) is 35.9 Å². The fourth-order valence-electron chi connectivity index (χ4n) is 3.04. The van der Waals surface area contributed by atoms with Crippen LogP contribution in [0, 0.1) is 0 Å². The standard InChI is InChI=1S/C20H22ClN3O3/c1-22-20(26)18-12-24(16-5-3-4-6-17(16)27-18)19(25)13-23(2)11-14-7-9-15(21)10-8-14/h3-10,18H,11-13H2,1-2H3,(H,22,26)/t18-/m1/s1. The van der Waals surface area contributed by atoms with Gasteiger partial charge in [0.2, 0.25) is 5.91 Å². The van der Waals surface area contributed by atoms with Crippen LogP contribution < -0.4 is 15.0 Å². The Morgan fingerprint density at radius 3 is 2.63 bits per heavy atom. The Bertz CT molecular complexity index is 825. The first kappa shape index (κ1) is 19.2. The molecule has 0 saturated carbocycles. The molecule has 1 aliphatic rings. The quantitative estimate of drug-likeness (QED) is 0.855. The van der Waals surface area contributed by atoms with Gasteiger partial charge in [0.25, 0.3) is 5.91 Å². The van der Waals surface area contributed by atoms with Crippen LogP contribution in [0.25, 0.3) is 0 Å². The molecule has 142 valence electrons. The van der Waals surface area contributed by atoms with E-state index in [-0.39, 0.29) is 24.9 Å². The van der Waals surface area contributed by atoms with Crippen LogP contribution in [0.5, 0.6) is 5.75 Å². The molecule has 0 bridgehead atoms. The maximum atomic E-state index is 12.9. The minimum atomic E-state index is -0.726. The lowest BCUT2D eigenvalue weighted by Crippen LogP contribution is -2.51. The molecule has 0 radical (unpaired) electrons. The van der Waals surface area contributed by atoms with Gasteiger partial charge in [-0.3, -0.25) is 14.5 Å². The zero-order chi connectivity index (χ0) is 19.4. The van der Waals surface area contributed by atoms with Gasteiger partial charge in [0.1, 0.15) is 5.75 Å². The lowest BCUT2D eigenvalue weighted by molar-refractivity contribution is -0.128. The molecule has 0 unspecified atom stereocenters. The van der Waals surface area contributed by atoms with Crippen LogP contribution >= 0.6 is 11.6 Å². The van der Waals surface area contributed by atoms with Gasteiger partial charge in [0.15, 0.2) is 6.10 Å². The molecule has 2 amide bonds. The monoisotopic (exact) mass is 387 g/mol. The topological polar surface area (TPSA) is 61.9 Å². The van der Waals surface area contributed by atoms with Gasteiger partial charge in [-0.05, 0) is 36.9 Å². The third kappa shape index (κ3) is 4.59. The number of anilines is 1. The molecule has 0 aliphatic carbocycles. The van der Waals surface area contributed by atoms with Gasteiger partial charge in [0, 0.05) is 18.6 Å². The molecule has 2 aromatic rings. The largest absolute Gasteiger partial charge is 0.477 e. The number of fused-ring (bicyclic) bond motifs is 1. The SMILES string of the molecule is CNC(=O)[C@H]1CN(C(=O)CN(C)Cc2ccc(Cl)cc2)c2ccccc2O1. The second-order valence-corrected chi connectivity index (χ2v) is 6.93. The number of amides is 2. The zero-order valence-electron chi connectivity index (χ0n) is 15.3. The minimum absolute atomic E-state index is 0.0869. The van der Waals surface area contributed by atoms with Gasteiger partial charge >= 0.3 is 0 Å². The summed E-state index contributed by atoms with van der Waals surface area (Å²) in [5.74, 6) is 0.194. The summed E-state index contributed by atoms with van der Waals surface area (Å²) in [7, 11) is 3.44. The van der Waals surface area contributed by atoms with E-state index >= 15 is 0 Å². The van der Waals surface area contributed by atoms with Crippen molar-refractivity contribution in [1.82, 2.24) is 10.2 Å². The lowest BCUT2D eigenvalue weighted by atomic mass is 10.1. The van der Waals surface area contributed by atoms with Crippen molar-refractivity contribution in [1.29, 1.82) is 0 Å². The van der Waals surface area contributed by atoms with E-state index in [9.17, 15) is 9.59 Å². The molecule has 1 N–H and O–H groups in total. The molecular formula is C20H22ClN3O3. The van der Waals surface area contributed by atoms with E-state index in [0.29, 0.717) is 23.0 Å². The fraction of sp³-hybridized carbons (Fsp3) is 0.300. The fourth-order valence-corrected chi connectivity index (χ4v) is 3.17. The smallest absolute Gasteiger partial charge is 0.262 e. The average Bonchev–Trinajstić information content (AvgIpc) is 2.68. The molecule has 0 aromatic heterocycles. The summed E-state index contributed by atoms with van der Waals surface area (Å²) in [5.41, 5.74) is 1.75. The molecule has 0 spiro atoms. The maximum absolute atomic E-state index is 12.9. The van der Waals surface area contributed by atoms with Crippen molar-refractivity contribution in [2.75, 3.05) is 32.1 Å². The summed E-state index contributed by atoms with van der Waals surface area (Å²) in [6, 6.07) is 14.8. The first-order valence-electron chi connectivity index (χ1n) is 8.68. The minimum Gasteiger partial charge on any atom is -0.477 e. The maximum Gasteiger partial charge on any atom is 0.262 e. The van der Waals surface area contributed by atoms with Crippen molar-refractivity contribution in [3.8, 4) is 5.75 Å². The molecular weight excluding hydrogens is 366 g/mol. The molecule has 0 fully saturated rings. The molecule has 1 heterocycles. The number of carbonyl (C=O) groups is 2. The van der Waals surface area contributed by atoms with Crippen LogP contribution in [0.3, 0.4) is 0 Å². The number of ether oxygens (including phenoxy) is 1. The molecule has 3 rings (SSSR count). The number of nitrogens with zero attached hydrogens (tertiary/aromatic N) is 2. The number of likely N-dealkylation sites (N-methyl/N-ethyl adjacent to an activating group) is 2. The molecule has 1 aliphatic heterocycles. The molecule has 0 saturated heterocycles. The van der Waals surface area contributed by atoms with Crippen LogP contribution in [-0.4, -0.2) is 50.0 Å². The number of rotatable bonds is 5. The Hall–Kier alpha value is -2.57. The summed E-state index contributed by atoms with van der Waals surface area (Å²) in [5, 5.41) is 3.26. The molecule has 7 heteroatoms. The Morgan fingerprint density at radius 1 is 1.22 bits per heavy atom. The molecule has 27 heavy (non-hydrogen) atoms. The number of halogens is 1. The van der Waals surface area contributed by atoms with Crippen molar-refractivity contribution in [3.05, 3.63) is 59.1 Å². The molecule has 1 atom stereocenters. The Balaban J connectivity index is 1.72. The summed E-state index contributed by atoms with van der Waals surface area (Å²) in [6.07, 6.45) is -0.726. The normalized spacial score (nSPS) is 15.9. The van der Waals surface area contributed by atoms with Crippen LogP contribution in [-0.2, 0) is 16.1 Å². The molecule has 6 nitrogen and oxygen atoms in total. The second kappa shape index (κ2) is 8.41. The van der Waals surface area contributed by atoms with Gasteiger partial charge < -0.3 is 15.0 Å².